The van der Waals surface area contributed by atoms with Gasteiger partial charge in [-0.05, 0) is 34.1 Å². The highest BCUT2D eigenvalue weighted by atomic mass is 79.9. The number of nitrogens with two attached hydrogens (primary N) is 1. The van der Waals surface area contributed by atoms with Crippen molar-refractivity contribution < 1.29 is 9.53 Å². The van der Waals surface area contributed by atoms with Crippen LogP contribution in [0.5, 0.6) is 0 Å². The average molecular weight is 321 g/mol. The van der Waals surface area contributed by atoms with Gasteiger partial charge in [0, 0.05) is 4.47 Å². The van der Waals surface area contributed by atoms with E-state index in [9.17, 15) is 4.79 Å². The second-order valence-corrected chi connectivity index (χ2v) is 4.50. The highest BCUT2D eigenvalue weighted by molar-refractivity contribution is 9.10. The minimum Gasteiger partial charge on any atom is -0.464 e. The van der Waals surface area contributed by atoms with Gasteiger partial charge in [0.1, 0.15) is 0 Å². The van der Waals surface area contributed by atoms with E-state index in [0.717, 1.165) is 0 Å². The number of rotatable bonds is 2. The second-order valence-electron chi connectivity index (χ2n) is 3.65. The van der Waals surface area contributed by atoms with Gasteiger partial charge in [0.25, 0.3) is 0 Å². The van der Waals surface area contributed by atoms with Crippen molar-refractivity contribution >= 4 is 27.6 Å². The predicted molar refractivity (Wildman–Crippen MR) is 71.7 cm³/mol. The summed E-state index contributed by atoms with van der Waals surface area (Å²) in [7, 11) is 1.26. The minimum atomic E-state index is -0.596. The Labute approximate surface area is 117 Å². The number of nitrogen functional groups attached to an aromatic ring is 1. The molecule has 0 unspecified atom stereocenters. The van der Waals surface area contributed by atoms with Gasteiger partial charge in [-0.1, -0.05) is 0 Å². The van der Waals surface area contributed by atoms with E-state index in [-0.39, 0.29) is 11.4 Å². The first-order valence-electron chi connectivity index (χ1n) is 5.20. The van der Waals surface area contributed by atoms with Gasteiger partial charge in [-0.2, -0.15) is 10.4 Å². The number of nitriles is 1. The third-order valence-electron chi connectivity index (χ3n) is 2.44. The number of methoxy groups -OCH3 is 1. The zero-order chi connectivity index (χ0) is 14.0. The van der Waals surface area contributed by atoms with E-state index < -0.39 is 5.97 Å². The molecule has 96 valence electrons. The zero-order valence-corrected chi connectivity index (χ0v) is 11.5. The van der Waals surface area contributed by atoms with E-state index in [1.165, 1.54) is 18.0 Å². The largest absolute Gasteiger partial charge is 0.464 e. The molecule has 0 saturated heterocycles. The Hall–Kier alpha value is -2.33. The Morgan fingerprint density at radius 1 is 1.58 bits per heavy atom. The molecule has 1 heterocycles. The molecule has 0 aliphatic rings. The Morgan fingerprint density at radius 3 is 2.89 bits per heavy atom. The van der Waals surface area contributed by atoms with E-state index in [0.29, 0.717) is 15.7 Å². The fourth-order valence-corrected chi connectivity index (χ4v) is 2.09. The third-order valence-corrected chi connectivity index (χ3v) is 3.08. The summed E-state index contributed by atoms with van der Waals surface area (Å²) in [4.78, 5) is 11.4. The lowest BCUT2D eigenvalue weighted by Crippen LogP contribution is -2.06. The van der Waals surface area contributed by atoms with Crippen molar-refractivity contribution in [2.75, 3.05) is 12.8 Å². The molecular formula is C12H9BrN4O2. The standard InChI is InChI=1S/C12H9BrN4O2/c1-19-12(18)11-9(15)6-17(16-11)10-3-2-7(5-14)4-8(10)13/h2-4,6H,15H2,1H3. The van der Waals surface area contributed by atoms with Gasteiger partial charge in [-0.15, -0.1) is 0 Å². The summed E-state index contributed by atoms with van der Waals surface area (Å²) in [5, 5.41) is 12.9. The first-order chi connectivity index (χ1) is 9.06. The zero-order valence-electron chi connectivity index (χ0n) is 9.92. The van der Waals surface area contributed by atoms with Crippen molar-refractivity contribution in [2.24, 2.45) is 0 Å². The van der Waals surface area contributed by atoms with Crippen LogP contribution in [-0.4, -0.2) is 22.9 Å². The second kappa shape index (κ2) is 5.12. The quantitative estimate of drug-likeness (QED) is 0.852. The third kappa shape index (κ3) is 2.44. The molecule has 0 aliphatic heterocycles. The number of halogens is 1. The fourth-order valence-electron chi connectivity index (χ4n) is 1.53. The van der Waals surface area contributed by atoms with Crippen LogP contribution in [0.25, 0.3) is 5.69 Å². The predicted octanol–water partition coefficient (Wildman–Crippen LogP) is 1.88. The van der Waals surface area contributed by atoms with Crippen LogP contribution in [0.4, 0.5) is 5.69 Å². The van der Waals surface area contributed by atoms with Crippen LogP contribution < -0.4 is 5.73 Å². The molecule has 2 rings (SSSR count). The molecule has 1 aromatic carbocycles. The van der Waals surface area contributed by atoms with Gasteiger partial charge in [0.05, 0.1) is 36.3 Å². The number of hydrogen-bond acceptors (Lipinski definition) is 5. The molecule has 1 aromatic heterocycles. The van der Waals surface area contributed by atoms with Crippen molar-refractivity contribution in [1.82, 2.24) is 9.78 Å². The monoisotopic (exact) mass is 320 g/mol. The SMILES string of the molecule is COC(=O)c1nn(-c2ccc(C#N)cc2Br)cc1N. The van der Waals surface area contributed by atoms with Crippen molar-refractivity contribution in [1.29, 1.82) is 5.26 Å². The van der Waals surface area contributed by atoms with Crippen LogP contribution in [-0.2, 0) is 4.74 Å². The first kappa shape index (κ1) is 13.1. The van der Waals surface area contributed by atoms with Gasteiger partial charge in [-0.3, -0.25) is 0 Å². The number of esters is 1. The van der Waals surface area contributed by atoms with E-state index in [1.807, 2.05) is 6.07 Å². The van der Waals surface area contributed by atoms with Gasteiger partial charge in [-0.25, -0.2) is 9.48 Å². The highest BCUT2D eigenvalue weighted by Gasteiger charge is 2.16. The maximum absolute atomic E-state index is 11.4. The van der Waals surface area contributed by atoms with Gasteiger partial charge >= 0.3 is 5.97 Å². The summed E-state index contributed by atoms with van der Waals surface area (Å²) in [6.45, 7) is 0. The molecule has 0 amide bonds. The Bertz CT molecular complexity index is 688. The van der Waals surface area contributed by atoms with Crippen LogP contribution in [0.15, 0.2) is 28.9 Å². The first-order valence-corrected chi connectivity index (χ1v) is 5.99. The molecule has 0 fully saturated rings. The molecule has 0 saturated carbocycles. The molecule has 0 bridgehead atoms. The number of anilines is 1. The molecule has 0 radical (unpaired) electrons. The number of benzene rings is 1. The van der Waals surface area contributed by atoms with E-state index in [2.05, 4.69) is 25.8 Å². The highest BCUT2D eigenvalue weighted by Crippen LogP contribution is 2.23. The van der Waals surface area contributed by atoms with Crippen molar-refractivity contribution in [3.05, 3.63) is 40.1 Å². The molecule has 7 heteroatoms. The number of carbonyl (C=O) groups is 1. The summed E-state index contributed by atoms with van der Waals surface area (Å²) in [6.07, 6.45) is 1.51. The Morgan fingerprint density at radius 2 is 2.32 bits per heavy atom. The van der Waals surface area contributed by atoms with Crippen LogP contribution in [0.3, 0.4) is 0 Å². The summed E-state index contributed by atoms with van der Waals surface area (Å²) < 4.78 is 6.71. The summed E-state index contributed by atoms with van der Waals surface area (Å²) >= 11 is 3.34. The topological polar surface area (TPSA) is 93.9 Å². The molecule has 0 spiro atoms. The molecule has 19 heavy (non-hydrogen) atoms. The van der Waals surface area contributed by atoms with Crippen molar-refractivity contribution in [3.63, 3.8) is 0 Å². The lowest BCUT2D eigenvalue weighted by molar-refractivity contribution is 0.0594. The van der Waals surface area contributed by atoms with Crippen molar-refractivity contribution in [3.8, 4) is 11.8 Å². The lowest BCUT2D eigenvalue weighted by Gasteiger charge is -2.04. The molecule has 0 atom stereocenters. The fraction of sp³-hybridized carbons (Fsp3) is 0.0833. The van der Waals surface area contributed by atoms with Crippen LogP contribution in [0.2, 0.25) is 0 Å². The molecular weight excluding hydrogens is 312 g/mol. The van der Waals surface area contributed by atoms with Gasteiger partial charge < -0.3 is 10.5 Å². The lowest BCUT2D eigenvalue weighted by atomic mass is 10.2. The molecule has 6 nitrogen and oxygen atoms in total. The van der Waals surface area contributed by atoms with Gasteiger partial charge in [0.2, 0.25) is 0 Å². The number of hydrogen-bond donors (Lipinski definition) is 1. The summed E-state index contributed by atoms with van der Waals surface area (Å²) in [6, 6.07) is 7.04. The summed E-state index contributed by atoms with van der Waals surface area (Å²) in [5.74, 6) is -0.596. The summed E-state index contributed by atoms with van der Waals surface area (Å²) in [5.41, 5.74) is 7.17. The van der Waals surface area contributed by atoms with E-state index >= 15 is 0 Å². The van der Waals surface area contributed by atoms with E-state index in [1.54, 1.807) is 18.2 Å². The smallest absolute Gasteiger partial charge is 0.360 e. The Kier molecular flexibility index (Phi) is 3.53. The number of carbonyl (C=O) groups excluding carboxylic acids is 1. The van der Waals surface area contributed by atoms with Crippen LogP contribution in [0, 0.1) is 11.3 Å². The maximum Gasteiger partial charge on any atom is 0.360 e. The molecule has 2 aromatic rings. The minimum absolute atomic E-state index is 0.0544. The molecule has 0 aliphatic carbocycles. The Balaban J connectivity index is 2.49. The van der Waals surface area contributed by atoms with E-state index in [4.69, 9.17) is 11.0 Å². The molecule has 2 N–H and O–H groups in total. The average Bonchev–Trinajstić information content (AvgIpc) is 2.79. The normalized spacial score (nSPS) is 9.95. The number of nitrogens with zero attached hydrogens (tertiary/aromatic N) is 3. The maximum atomic E-state index is 11.4. The van der Waals surface area contributed by atoms with Gasteiger partial charge in [0.15, 0.2) is 5.69 Å². The number of ether oxygens (including phenoxy) is 1. The van der Waals surface area contributed by atoms with Crippen LogP contribution in [0.1, 0.15) is 16.1 Å². The van der Waals surface area contributed by atoms with Crippen molar-refractivity contribution in [2.45, 2.75) is 0 Å². The van der Waals surface area contributed by atoms with Crippen LogP contribution >= 0.6 is 15.9 Å². The number of aromatic nitrogens is 2.